The van der Waals surface area contributed by atoms with Crippen LogP contribution in [-0.4, -0.2) is 28.2 Å². The van der Waals surface area contributed by atoms with Crippen molar-refractivity contribution in [3.63, 3.8) is 0 Å². The minimum absolute atomic E-state index is 0.178. The van der Waals surface area contributed by atoms with Gasteiger partial charge in [0.25, 0.3) is 0 Å². The first-order valence-corrected chi connectivity index (χ1v) is 4.06. The van der Waals surface area contributed by atoms with Crippen LogP contribution in [0.15, 0.2) is 14.5 Å². The van der Waals surface area contributed by atoms with Crippen molar-refractivity contribution in [3.8, 4) is 0 Å². The van der Waals surface area contributed by atoms with Crippen molar-refractivity contribution < 1.29 is 0 Å². The lowest BCUT2D eigenvalue weighted by Crippen LogP contribution is -2.31. The Hall–Kier alpha value is -0.840. The van der Waals surface area contributed by atoms with Gasteiger partial charge in [-0.1, -0.05) is 0 Å². The molecule has 5 heteroatoms. The summed E-state index contributed by atoms with van der Waals surface area (Å²) in [6.07, 6.45) is 3.54. The molecule has 0 N–H and O–H groups in total. The van der Waals surface area contributed by atoms with Crippen LogP contribution < -0.4 is 0 Å². The molecule has 0 spiro atoms. The quantitative estimate of drug-likeness (QED) is 0.508. The number of hydrogen-bond acceptors (Lipinski definition) is 5. The van der Waals surface area contributed by atoms with E-state index in [0.717, 1.165) is 5.84 Å². The van der Waals surface area contributed by atoms with E-state index in [0.29, 0.717) is 0 Å². The summed E-state index contributed by atoms with van der Waals surface area (Å²) in [7, 11) is 0. The van der Waals surface area contributed by atoms with E-state index in [2.05, 4.69) is 14.5 Å². The largest absolute Gasteiger partial charge is 0.253 e. The zero-order valence-electron chi connectivity index (χ0n) is 6.35. The zero-order chi connectivity index (χ0) is 7.90. The highest BCUT2D eigenvalue weighted by atomic mass is 32.2. The van der Waals surface area contributed by atoms with Crippen LogP contribution >= 0.6 is 12.1 Å². The molecule has 11 heavy (non-hydrogen) atoms. The lowest BCUT2D eigenvalue weighted by molar-refractivity contribution is 0.633. The van der Waals surface area contributed by atoms with Crippen molar-refractivity contribution in [1.82, 2.24) is 4.41 Å². The van der Waals surface area contributed by atoms with Gasteiger partial charge in [0.1, 0.15) is 12.1 Å². The van der Waals surface area contributed by atoms with Crippen molar-refractivity contribution in [2.45, 2.75) is 19.4 Å². The molecule has 0 aliphatic carbocycles. The van der Waals surface area contributed by atoms with E-state index in [1.165, 1.54) is 12.1 Å². The second-order valence-electron chi connectivity index (χ2n) is 2.96. The van der Waals surface area contributed by atoms with Crippen LogP contribution in [0, 0.1) is 0 Å². The molecule has 2 rings (SSSR count). The number of hydrazone groups is 1. The van der Waals surface area contributed by atoms with Gasteiger partial charge >= 0.3 is 0 Å². The minimum atomic E-state index is -0.178. The second kappa shape index (κ2) is 2.07. The molecule has 4 nitrogen and oxygen atoms in total. The van der Waals surface area contributed by atoms with Gasteiger partial charge in [0.05, 0.1) is 18.0 Å². The Kier molecular flexibility index (Phi) is 1.29. The summed E-state index contributed by atoms with van der Waals surface area (Å²) >= 11 is 1.30. The molecule has 2 heterocycles. The van der Waals surface area contributed by atoms with Gasteiger partial charge < -0.3 is 0 Å². The lowest BCUT2D eigenvalue weighted by Gasteiger charge is -2.21. The standard InChI is InChI=1S/C6H8N4S/c1-6(2)4-7-10-5(9-6)3-8-11-10/h3-4H,1-2H3. The normalized spacial score (nSPS) is 25.3. The highest BCUT2D eigenvalue weighted by Crippen LogP contribution is 2.23. The van der Waals surface area contributed by atoms with E-state index in [4.69, 9.17) is 0 Å². The molecule has 2 aliphatic heterocycles. The fraction of sp³-hybridized carbons (Fsp3) is 0.500. The Labute approximate surface area is 69.4 Å². The van der Waals surface area contributed by atoms with Gasteiger partial charge in [0.2, 0.25) is 0 Å². The first-order valence-electron chi connectivity index (χ1n) is 3.33. The average molecular weight is 168 g/mol. The summed E-state index contributed by atoms with van der Waals surface area (Å²) in [4.78, 5) is 4.40. The predicted molar refractivity (Wildman–Crippen MR) is 47.9 cm³/mol. The number of amidine groups is 1. The van der Waals surface area contributed by atoms with Crippen LogP contribution in [-0.2, 0) is 0 Å². The van der Waals surface area contributed by atoms with Crippen LogP contribution in [0.3, 0.4) is 0 Å². The van der Waals surface area contributed by atoms with Crippen molar-refractivity contribution >= 4 is 30.4 Å². The van der Waals surface area contributed by atoms with Crippen LogP contribution in [0.4, 0.5) is 0 Å². The third kappa shape index (κ3) is 1.16. The Morgan fingerprint density at radius 2 is 2.36 bits per heavy atom. The summed E-state index contributed by atoms with van der Waals surface area (Å²) in [5.74, 6) is 0.836. The SMILES string of the molecule is CC1(C)C=NN2SN=CC2=N1. The van der Waals surface area contributed by atoms with Crippen LogP contribution in [0.5, 0.6) is 0 Å². The van der Waals surface area contributed by atoms with Crippen molar-refractivity contribution in [2.24, 2.45) is 14.5 Å². The molecular formula is C6H8N4S. The number of nitrogens with zero attached hydrogens (tertiary/aromatic N) is 4. The highest BCUT2D eigenvalue weighted by molar-refractivity contribution is 7.97. The summed E-state index contributed by atoms with van der Waals surface area (Å²) < 4.78 is 5.67. The first kappa shape index (κ1) is 6.84. The summed E-state index contributed by atoms with van der Waals surface area (Å²) in [5.41, 5.74) is -0.178. The summed E-state index contributed by atoms with van der Waals surface area (Å²) in [5, 5.41) is 4.16. The van der Waals surface area contributed by atoms with Gasteiger partial charge in [-0.25, -0.2) is 0 Å². The molecule has 0 saturated heterocycles. The predicted octanol–water partition coefficient (Wildman–Crippen LogP) is 1.11. The van der Waals surface area contributed by atoms with Gasteiger partial charge in [-0.3, -0.25) is 4.99 Å². The van der Waals surface area contributed by atoms with Crippen molar-refractivity contribution in [3.05, 3.63) is 0 Å². The van der Waals surface area contributed by atoms with Crippen LogP contribution in [0.1, 0.15) is 13.8 Å². The van der Waals surface area contributed by atoms with Gasteiger partial charge in [-0.05, 0) is 13.8 Å². The molecule has 0 atom stereocenters. The molecule has 0 aromatic heterocycles. The molecule has 0 aromatic rings. The lowest BCUT2D eigenvalue weighted by atomic mass is 10.1. The maximum Gasteiger partial charge on any atom is 0.178 e. The fourth-order valence-corrected chi connectivity index (χ4v) is 1.37. The second-order valence-corrected chi connectivity index (χ2v) is 3.68. The molecule has 2 aliphatic rings. The number of rotatable bonds is 0. The molecular weight excluding hydrogens is 160 g/mol. The Morgan fingerprint density at radius 3 is 3.18 bits per heavy atom. The molecule has 0 aromatic carbocycles. The maximum absolute atomic E-state index is 4.40. The average Bonchev–Trinajstić information content (AvgIpc) is 2.31. The number of hydrogen-bond donors (Lipinski definition) is 0. The zero-order valence-corrected chi connectivity index (χ0v) is 7.17. The third-order valence-electron chi connectivity index (χ3n) is 1.37. The van der Waals surface area contributed by atoms with Crippen LogP contribution in [0.2, 0.25) is 0 Å². The van der Waals surface area contributed by atoms with Gasteiger partial charge in [-0.15, -0.1) is 0 Å². The van der Waals surface area contributed by atoms with Gasteiger partial charge in [-0.2, -0.15) is 13.9 Å². The molecule has 0 amide bonds. The maximum atomic E-state index is 4.40. The van der Waals surface area contributed by atoms with Gasteiger partial charge in [0.15, 0.2) is 5.84 Å². The topological polar surface area (TPSA) is 40.3 Å². The fourth-order valence-electron chi connectivity index (χ4n) is 0.876. The van der Waals surface area contributed by atoms with Crippen molar-refractivity contribution in [1.29, 1.82) is 0 Å². The van der Waals surface area contributed by atoms with E-state index < -0.39 is 0 Å². The molecule has 0 fully saturated rings. The molecule has 0 radical (unpaired) electrons. The van der Waals surface area contributed by atoms with E-state index in [1.807, 2.05) is 20.1 Å². The molecule has 0 saturated carbocycles. The molecule has 0 bridgehead atoms. The Morgan fingerprint density at radius 1 is 1.55 bits per heavy atom. The number of aliphatic imine (C=N–C) groups is 1. The highest BCUT2D eigenvalue weighted by Gasteiger charge is 2.25. The molecule has 58 valence electrons. The van der Waals surface area contributed by atoms with Crippen molar-refractivity contribution in [2.75, 3.05) is 0 Å². The minimum Gasteiger partial charge on any atom is -0.253 e. The van der Waals surface area contributed by atoms with E-state index in [1.54, 1.807) is 10.6 Å². The van der Waals surface area contributed by atoms with Gasteiger partial charge in [0, 0.05) is 0 Å². The third-order valence-corrected chi connectivity index (χ3v) is 2.01. The summed E-state index contributed by atoms with van der Waals surface area (Å²) in [6.45, 7) is 4.02. The van der Waals surface area contributed by atoms with E-state index >= 15 is 0 Å². The molecule has 0 unspecified atom stereocenters. The summed E-state index contributed by atoms with van der Waals surface area (Å²) in [6, 6.07) is 0. The monoisotopic (exact) mass is 168 g/mol. The van der Waals surface area contributed by atoms with E-state index in [-0.39, 0.29) is 5.54 Å². The Bertz CT molecular complexity index is 266. The number of fused-ring (bicyclic) bond motifs is 1. The first-order chi connectivity index (χ1) is 5.17. The van der Waals surface area contributed by atoms with E-state index in [9.17, 15) is 0 Å². The Balaban J connectivity index is 2.34. The smallest absolute Gasteiger partial charge is 0.178 e. The van der Waals surface area contributed by atoms with Crippen LogP contribution in [0.25, 0.3) is 0 Å².